The van der Waals surface area contributed by atoms with Gasteiger partial charge in [-0.2, -0.15) is 9.49 Å². The van der Waals surface area contributed by atoms with E-state index in [0.29, 0.717) is 42.0 Å². The van der Waals surface area contributed by atoms with Gasteiger partial charge in [-0.05, 0) is 25.0 Å². The number of fused-ring (bicyclic) bond motifs is 1. The van der Waals surface area contributed by atoms with Crippen molar-refractivity contribution in [3.63, 3.8) is 0 Å². The van der Waals surface area contributed by atoms with E-state index in [1.807, 2.05) is 6.92 Å². The molecule has 27 heavy (non-hydrogen) atoms. The predicted octanol–water partition coefficient (Wildman–Crippen LogP) is 4.35. The van der Waals surface area contributed by atoms with E-state index < -0.39 is 29.7 Å². The summed E-state index contributed by atoms with van der Waals surface area (Å²) in [5.74, 6) is -2.04. The van der Waals surface area contributed by atoms with Gasteiger partial charge < -0.3 is 0 Å². The fourth-order valence-corrected chi connectivity index (χ4v) is 3.43. The van der Waals surface area contributed by atoms with Crippen LogP contribution in [0.4, 0.5) is 17.6 Å². The Bertz CT molecular complexity index is 1000. The summed E-state index contributed by atoms with van der Waals surface area (Å²) in [6.07, 6.45) is 2.85. The average Bonchev–Trinajstić information content (AvgIpc) is 3.02. The number of aromatic nitrogens is 4. The van der Waals surface area contributed by atoms with E-state index in [0.717, 1.165) is 18.5 Å². The monoisotopic (exact) mass is 376 g/mol. The van der Waals surface area contributed by atoms with Crippen molar-refractivity contribution >= 4 is 0 Å². The standard InChI is InChI=1S/C19H16F4N4/c1-19(9-20)5-4-15-17(12-6-16(23)25-8-13(12)22)18(26-27(15)10-19)14-3-2-11(21)7-24-14/h2-3,6-8H,4-5,9-10H2,1H3/t19-/m0/s1. The van der Waals surface area contributed by atoms with Crippen LogP contribution in [0.25, 0.3) is 22.5 Å². The van der Waals surface area contributed by atoms with Gasteiger partial charge in [-0.1, -0.05) is 6.92 Å². The third-order valence-electron chi connectivity index (χ3n) is 4.94. The van der Waals surface area contributed by atoms with Crippen LogP contribution in [0, 0.1) is 23.0 Å². The number of alkyl halides is 1. The Balaban J connectivity index is 1.95. The molecule has 0 aliphatic carbocycles. The molecule has 0 amide bonds. The van der Waals surface area contributed by atoms with Gasteiger partial charge in [-0.15, -0.1) is 0 Å². The zero-order valence-electron chi connectivity index (χ0n) is 14.5. The first kappa shape index (κ1) is 17.6. The second-order valence-electron chi connectivity index (χ2n) is 7.12. The molecule has 0 N–H and O–H groups in total. The van der Waals surface area contributed by atoms with Crippen molar-refractivity contribution in [1.82, 2.24) is 19.7 Å². The Kier molecular flexibility index (Phi) is 4.20. The Morgan fingerprint density at radius 1 is 1.15 bits per heavy atom. The zero-order valence-corrected chi connectivity index (χ0v) is 14.5. The van der Waals surface area contributed by atoms with E-state index in [1.54, 1.807) is 4.68 Å². The Hall–Kier alpha value is -2.77. The molecule has 0 saturated heterocycles. The summed E-state index contributed by atoms with van der Waals surface area (Å²) < 4.78 is 56.5. The maximum absolute atomic E-state index is 14.5. The van der Waals surface area contributed by atoms with Gasteiger partial charge in [-0.25, -0.2) is 13.8 Å². The third kappa shape index (κ3) is 3.09. The minimum atomic E-state index is -0.825. The number of hydrogen-bond acceptors (Lipinski definition) is 3. The van der Waals surface area contributed by atoms with Crippen LogP contribution in [0.5, 0.6) is 0 Å². The summed E-state index contributed by atoms with van der Waals surface area (Å²) in [7, 11) is 0. The highest BCUT2D eigenvalue weighted by Gasteiger charge is 2.34. The number of hydrogen-bond donors (Lipinski definition) is 0. The molecule has 4 nitrogen and oxygen atoms in total. The van der Waals surface area contributed by atoms with Crippen LogP contribution in [0.1, 0.15) is 19.0 Å². The number of halogens is 4. The maximum Gasteiger partial charge on any atom is 0.213 e. The van der Waals surface area contributed by atoms with Crippen molar-refractivity contribution in [2.24, 2.45) is 5.41 Å². The highest BCUT2D eigenvalue weighted by atomic mass is 19.1. The van der Waals surface area contributed by atoms with Gasteiger partial charge in [0.05, 0.1) is 24.8 Å². The van der Waals surface area contributed by atoms with Gasteiger partial charge in [0.1, 0.15) is 17.3 Å². The Morgan fingerprint density at radius 2 is 1.96 bits per heavy atom. The van der Waals surface area contributed by atoms with Crippen LogP contribution in [0.15, 0.2) is 30.6 Å². The first-order valence-corrected chi connectivity index (χ1v) is 8.49. The lowest BCUT2D eigenvalue weighted by Crippen LogP contribution is -2.32. The van der Waals surface area contributed by atoms with E-state index in [4.69, 9.17) is 0 Å². The number of pyridine rings is 2. The van der Waals surface area contributed by atoms with Gasteiger partial charge in [0.2, 0.25) is 5.95 Å². The van der Waals surface area contributed by atoms with Crippen molar-refractivity contribution in [2.45, 2.75) is 26.3 Å². The molecule has 3 aromatic rings. The molecule has 0 spiro atoms. The lowest BCUT2D eigenvalue weighted by atomic mass is 9.82. The van der Waals surface area contributed by atoms with Crippen molar-refractivity contribution < 1.29 is 17.6 Å². The minimum Gasteiger partial charge on any atom is -0.268 e. The quantitative estimate of drug-likeness (QED) is 0.504. The molecule has 4 rings (SSSR count). The molecule has 0 aromatic carbocycles. The summed E-state index contributed by atoms with van der Waals surface area (Å²) in [6.45, 7) is 1.62. The fourth-order valence-electron chi connectivity index (χ4n) is 3.43. The molecule has 1 aliphatic heterocycles. The van der Waals surface area contributed by atoms with E-state index in [1.165, 1.54) is 12.1 Å². The molecule has 0 saturated carbocycles. The maximum atomic E-state index is 14.5. The fraction of sp³-hybridized carbons (Fsp3) is 0.316. The lowest BCUT2D eigenvalue weighted by Gasteiger charge is -2.31. The molecule has 1 atom stereocenters. The van der Waals surface area contributed by atoms with E-state index in [2.05, 4.69) is 15.1 Å². The average molecular weight is 376 g/mol. The third-order valence-corrected chi connectivity index (χ3v) is 4.94. The molecule has 0 radical (unpaired) electrons. The normalized spacial score (nSPS) is 19.1. The van der Waals surface area contributed by atoms with Gasteiger partial charge in [0.25, 0.3) is 0 Å². The second kappa shape index (κ2) is 6.44. The molecule has 0 unspecified atom stereocenters. The summed E-state index contributed by atoms with van der Waals surface area (Å²) >= 11 is 0. The summed E-state index contributed by atoms with van der Waals surface area (Å²) in [5, 5.41) is 4.50. The van der Waals surface area contributed by atoms with E-state index in [-0.39, 0.29) is 5.56 Å². The smallest absolute Gasteiger partial charge is 0.213 e. The summed E-state index contributed by atoms with van der Waals surface area (Å²) in [5.41, 5.74) is 1.12. The molecule has 1 aliphatic rings. The summed E-state index contributed by atoms with van der Waals surface area (Å²) in [6, 6.07) is 3.65. The largest absolute Gasteiger partial charge is 0.268 e. The molecular weight excluding hydrogens is 360 g/mol. The van der Waals surface area contributed by atoms with E-state index >= 15 is 0 Å². The van der Waals surface area contributed by atoms with Gasteiger partial charge >= 0.3 is 0 Å². The molecular formula is C19H16F4N4. The van der Waals surface area contributed by atoms with Gasteiger partial charge in [0, 0.05) is 34.8 Å². The molecule has 0 fully saturated rings. The molecule has 0 bridgehead atoms. The van der Waals surface area contributed by atoms with Crippen molar-refractivity contribution in [3.05, 3.63) is 53.9 Å². The predicted molar refractivity (Wildman–Crippen MR) is 91.0 cm³/mol. The minimum absolute atomic E-state index is 0.00808. The van der Waals surface area contributed by atoms with Crippen LogP contribution in [-0.4, -0.2) is 26.4 Å². The SMILES string of the molecule is C[C@@]1(CF)CCc2c(-c3cc(F)ncc3F)c(-c3ccc(F)cn3)nn2C1. The van der Waals surface area contributed by atoms with Crippen molar-refractivity contribution in [1.29, 1.82) is 0 Å². The van der Waals surface area contributed by atoms with Crippen LogP contribution in [0.2, 0.25) is 0 Å². The highest BCUT2D eigenvalue weighted by Crippen LogP contribution is 2.41. The molecule has 4 heterocycles. The Morgan fingerprint density at radius 3 is 2.67 bits per heavy atom. The van der Waals surface area contributed by atoms with Crippen molar-refractivity contribution in [3.8, 4) is 22.5 Å². The van der Waals surface area contributed by atoms with Crippen LogP contribution < -0.4 is 0 Å². The van der Waals surface area contributed by atoms with Crippen LogP contribution in [-0.2, 0) is 13.0 Å². The van der Waals surface area contributed by atoms with Crippen molar-refractivity contribution in [2.75, 3.05) is 6.67 Å². The Labute approximate surface area is 152 Å². The molecule has 8 heteroatoms. The highest BCUT2D eigenvalue weighted by molar-refractivity contribution is 5.81. The van der Waals surface area contributed by atoms with Gasteiger partial charge in [-0.3, -0.25) is 14.1 Å². The van der Waals surface area contributed by atoms with E-state index in [9.17, 15) is 17.6 Å². The first-order chi connectivity index (χ1) is 12.9. The topological polar surface area (TPSA) is 43.6 Å². The zero-order chi connectivity index (χ0) is 19.2. The van der Waals surface area contributed by atoms with Crippen LogP contribution >= 0.6 is 0 Å². The first-order valence-electron chi connectivity index (χ1n) is 8.49. The second-order valence-corrected chi connectivity index (χ2v) is 7.12. The summed E-state index contributed by atoms with van der Waals surface area (Å²) in [4.78, 5) is 7.36. The van der Waals surface area contributed by atoms with Crippen LogP contribution in [0.3, 0.4) is 0 Å². The molecule has 140 valence electrons. The number of rotatable bonds is 3. The molecule has 3 aromatic heterocycles. The van der Waals surface area contributed by atoms with Gasteiger partial charge in [0.15, 0.2) is 0 Å². The number of nitrogens with zero attached hydrogens (tertiary/aromatic N) is 4. The lowest BCUT2D eigenvalue weighted by molar-refractivity contribution is 0.155.